The van der Waals surface area contributed by atoms with E-state index in [0.717, 1.165) is 10.4 Å². The minimum absolute atomic E-state index is 0.0450. The lowest BCUT2D eigenvalue weighted by Crippen LogP contribution is -2.30. The van der Waals surface area contributed by atoms with Crippen LogP contribution in [0.15, 0.2) is 23.1 Å². The molecule has 1 fully saturated rings. The number of rotatable bonds is 2. The second-order valence-corrected chi connectivity index (χ2v) is 6.12. The van der Waals surface area contributed by atoms with Crippen LogP contribution in [0, 0.1) is 0 Å². The number of nitrogens with two attached hydrogens (primary N) is 1. The molecule has 1 aromatic rings. The molecule has 5 N–H and O–H groups in total. The minimum Gasteiger partial charge on any atom is -0.506 e. The Kier molecular flexibility index (Phi) is 3.20. The second kappa shape index (κ2) is 4.39. The van der Waals surface area contributed by atoms with E-state index in [2.05, 4.69) is 0 Å². The number of sulfonamides is 1. The number of phenols is 1. The van der Waals surface area contributed by atoms with E-state index in [0.29, 0.717) is 0 Å². The van der Waals surface area contributed by atoms with Crippen molar-refractivity contribution in [3.8, 4) is 5.75 Å². The maximum atomic E-state index is 12.2. The predicted octanol–water partition coefficient (Wildman–Crippen LogP) is -1.30. The van der Waals surface area contributed by atoms with Crippen LogP contribution in [0.3, 0.4) is 0 Å². The number of anilines is 1. The molecule has 0 aromatic heterocycles. The number of aromatic hydroxyl groups is 1. The molecule has 0 aliphatic carbocycles. The highest BCUT2D eigenvalue weighted by Crippen LogP contribution is 2.27. The Morgan fingerprint density at radius 2 is 1.78 bits per heavy atom. The van der Waals surface area contributed by atoms with Crippen LogP contribution in [-0.2, 0) is 10.0 Å². The molecular weight excluding hydrogens is 260 g/mol. The van der Waals surface area contributed by atoms with E-state index in [-0.39, 0.29) is 29.4 Å². The highest BCUT2D eigenvalue weighted by atomic mass is 32.2. The number of nitrogens with zero attached hydrogens (tertiary/aromatic N) is 1. The third-order valence-corrected chi connectivity index (χ3v) is 4.69. The number of aliphatic hydroxyl groups excluding tert-OH is 2. The van der Waals surface area contributed by atoms with Gasteiger partial charge in [0.2, 0.25) is 10.0 Å². The minimum atomic E-state index is -3.82. The van der Waals surface area contributed by atoms with Crippen molar-refractivity contribution >= 4 is 15.7 Å². The van der Waals surface area contributed by atoms with Crippen LogP contribution in [0.1, 0.15) is 0 Å². The fourth-order valence-electron chi connectivity index (χ4n) is 1.77. The SMILES string of the molecule is Nc1cc(S(=O)(=O)N2C[C@@H](O)[C@@H](O)C2)ccc1O. The molecule has 8 heteroatoms. The van der Waals surface area contributed by atoms with Crippen molar-refractivity contribution in [1.82, 2.24) is 4.31 Å². The van der Waals surface area contributed by atoms with Gasteiger partial charge in [-0.15, -0.1) is 0 Å². The Balaban J connectivity index is 2.34. The maximum Gasteiger partial charge on any atom is 0.243 e. The van der Waals surface area contributed by atoms with Crippen LogP contribution in [0.2, 0.25) is 0 Å². The van der Waals surface area contributed by atoms with Crippen molar-refractivity contribution in [3.05, 3.63) is 18.2 Å². The van der Waals surface area contributed by atoms with E-state index < -0.39 is 22.2 Å². The fraction of sp³-hybridized carbons (Fsp3) is 0.400. The molecule has 1 aliphatic heterocycles. The van der Waals surface area contributed by atoms with Gasteiger partial charge in [-0.25, -0.2) is 8.42 Å². The van der Waals surface area contributed by atoms with Gasteiger partial charge in [0, 0.05) is 13.1 Å². The molecule has 0 unspecified atom stereocenters. The molecular formula is C10H14N2O5S. The van der Waals surface area contributed by atoms with Gasteiger partial charge in [0.15, 0.2) is 0 Å². The van der Waals surface area contributed by atoms with Gasteiger partial charge in [0.25, 0.3) is 0 Å². The van der Waals surface area contributed by atoms with Crippen LogP contribution in [0.4, 0.5) is 5.69 Å². The van der Waals surface area contributed by atoms with Crippen LogP contribution in [0.25, 0.3) is 0 Å². The molecule has 0 amide bonds. The molecule has 2 atom stereocenters. The molecule has 0 radical (unpaired) electrons. The lowest BCUT2D eigenvalue weighted by atomic mass is 10.3. The smallest absolute Gasteiger partial charge is 0.243 e. The maximum absolute atomic E-state index is 12.2. The Morgan fingerprint density at radius 1 is 1.22 bits per heavy atom. The largest absolute Gasteiger partial charge is 0.506 e. The second-order valence-electron chi connectivity index (χ2n) is 4.18. The quantitative estimate of drug-likeness (QED) is 0.392. The number of β-amino-alcohol motifs (C(OH)–C–C–N with tert-alkyl or cyclic N) is 2. The first-order valence-electron chi connectivity index (χ1n) is 5.27. The third-order valence-electron chi connectivity index (χ3n) is 2.86. The van der Waals surface area contributed by atoms with Gasteiger partial charge >= 0.3 is 0 Å². The van der Waals surface area contributed by atoms with Crippen LogP contribution in [-0.4, -0.2) is 53.3 Å². The summed E-state index contributed by atoms with van der Waals surface area (Å²) in [5.41, 5.74) is 5.39. The van der Waals surface area contributed by atoms with Gasteiger partial charge in [0.05, 0.1) is 22.8 Å². The number of hydrogen-bond acceptors (Lipinski definition) is 6. The van der Waals surface area contributed by atoms with Gasteiger partial charge < -0.3 is 21.1 Å². The molecule has 1 saturated heterocycles. The summed E-state index contributed by atoms with van der Waals surface area (Å²) in [6.45, 7) is -0.325. The molecule has 1 heterocycles. The standard InChI is InChI=1S/C10H14N2O5S/c11-7-3-6(1-2-8(7)13)18(16,17)12-4-9(14)10(15)5-12/h1-3,9-10,13-15H,4-5,11H2/t9-,10+. The lowest BCUT2D eigenvalue weighted by molar-refractivity contribution is 0.0572. The van der Waals surface area contributed by atoms with Crippen molar-refractivity contribution in [3.63, 3.8) is 0 Å². The fourth-order valence-corrected chi connectivity index (χ4v) is 3.29. The summed E-state index contributed by atoms with van der Waals surface area (Å²) < 4.78 is 25.3. The molecule has 100 valence electrons. The molecule has 0 bridgehead atoms. The summed E-state index contributed by atoms with van der Waals surface area (Å²) in [5.74, 6) is -0.199. The van der Waals surface area contributed by atoms with E-state index in [9.17, 15) is 23.7 Å². The van der Waals surface area contributed by atoms with E-state index in [1.165, 1.54) is 12.1 Å². The van der Waals surface area contributed by atoms with Crippen LogP contribution in [0.5, 0.6) is 5.75 Å². The molecule has 1 aromatic carbocycles. The van der Waals surface area contributed by atoms with Gasteiger partial charge in [0.1, 0.15) is 5.75 Å². The molecule has 1 aliphatic rings. The van der Waals surface area contributed by atoms with Crippen molar-refractivity contribution in [1.29, 1.82) is 0 Å². The van der Waals surface area contributed by atoms with Gasteiger partial charge in [-0.3, -0.25) is 0 Å². The normalized spacial score (nSPS) is 25.4. The Bertz CT molecular complexity index is 549. The van der Waals surface area contributed by atoms with Crippen molar-refractivity contribution in [2.75, 3.05) is 18.8 Å². The van der Waals surface area contributed by atoms with E-state index in [4.69, 9.17) is 5.73 Å². The van der Waals surface area contributed by atoms with Crippen LogP contribution < -0.4 is 5.73 Å². The summed E-state index contributed by atoms with van der Waals surface area (Å²) in [4.78, 5) is -0.0842. The number of benzene rings is 1. The molecule has 18 heavy (non-hydrogen) atoms. The Hall–Kier alpha value is -1.35. The molecule has 2 rings (SSSR count). The number of aliphatic hydroxyl groups is 2. The topological polar surface area (TPSA) is 124 Å². The van der Waals surface area contributed by atoms with E-state index in [1.807, 2.05) is 0 Å². The monoisotopic (exact) mass is 274 g/mol. The van der Waals surface area contributed by atoms with Gasteiger partial charge in [-0.1, -0.05) is 0 Å². The lowest BCUT2D eigenvalue weighted by Gasteiger charge is -2.16. The van der Waals surface area contributed by atoms with Crippen molar-refractivity contribution in [2.45, 2.75) is 17.1 Å². The highest BCUT2D eigenvalue weighted by Gasteiger charge is 2.37. The summed E-state index contributed by atoms with van der Waals surface area (Å²) in [5, 5.41) is 28.0. The number of phenolic OH excluding ortho intramolecular Hbond substituents is 1. The highest BCUT2D eigenvalue weighted by molar-refractivity contribution is 7.89. The molecule has 0 spiro atoms. The molecule has 0 saturated carbocycles. The first-order valence-corrected chi connectivity index (χ1v) is 6.71. The van der Waals surface area contributed by atoms with Gasteiger partial charge in [-0.2, -0.15) is 4.31 Å². The van der Waals surface area contributed by atoms with Crippen molar-refractivity contribution in [2.24, 2.45) is 0 Å². The van der Waals surface area contributed by atoms with Gasteiger partial charge in [-0.05, 0) is 18.2 Å². The van der Waals surface area contributed by atoms with Crippen molar-refractivity contribution < 1.29 is 23.7 Å². The Labute approximate surface area is 104 Å². The average Bonchev–Trinajstić information content (AvgIpc) is 2.64. The summed E-state index contributed by atoms with van der Waals surface area (Å²) >= 11 is 0. The zero-order chi connectivity index (χ0) is 13.5. The van der Waals surface area contributed by atoms with E-state index in [1.54, 1.807) is 0 Å². The van der Waals surface area contributed by atoms with E-state index >= 15 is 0 Å². The Morgan fingerprint density at radius 3 is 2.28 bits per heavy atom. The zero-order valence-corrected chi connectivity index (χ0v) is 10.2. The first-order chi connectivity index (χ1) is 8.32. The summed E-state index contributed by atoms with van der Waals surface area (Å²) in [7, 11) is -3.82. The third kappa shape index (κ3) is 2.15. The van der Waals surface area contributed by atoms with Crippen LogP contribution >= 0.6 is 0 Å². The average molecular weight is 274 g/mol. The zero-order valence-electron chi connectivity index (χ0n) is 9.39. The summed E-state index contributed by atoms with van der Waals surface area (Å²) in [6.07, 6.45) is -2.18. The number of nitrogen functional groups attached to an aromatic ring is 1. The predicted molar refractivity (Wildman–Crippen MR) is 63.3 cm³/mol. The molecule has 7 nitrogen and oxygen atoms in total. The summed E-state index contributed by atoms with van der Waals surface area (Å²) in [6, 6.07) is 3.55. The first kappa shape index (κ1) is 13.1. The number of hydrogen-bond donors (Lipinski definition) is 4.